The van der Waals surface area contributed by atoms with Crippen molar-refractivity contribution in [2.45, 2.75) is 24.9 Å². The van der Waals surface area contributed by atoms with E-state index in [2.05, 4.69) is 22.0 Å². The van der Waals surface area contributed by atoms with Crippen LogP contribution in [0, 0.1) is 0 Å². The fourth-order valence-corrected chi connectivity index (χ4v) is 3.62. The molecule has 0 aromatic heterocycles. The summed E-state index contributed by atoms with van der Waals surface area (Å²) >= 11 is 9.54. The van der Waals surface area contributed by atoms with Gasteiger partial charge in [-0.05, 0) is 53.8 Å². The van der Waals surface area contributed by atoms with Crippen molar-refractivity contribution < 1.29 is 13.2 Å². The van der Waals surface area contributed by atoms with Gasteiger partial charge in [0.1, 0.15) is 0 Å². The highest BCUT2D eigenvalue weighted by atomic mass is 79.9. The van der Waals surface area contributed by atoms with Crippen molar-refractivity contribution in [3.63, 3.8) is 0 Å². The maximum atomic E-state index is 12.7. The molecule has 110 valence electrons. The zero-order valence-corrected chi connectivity index (χ0v) is 13.2. The number of halogens is 5. The minimum atomic E-state index is -4.36. The molecule has 3 rings (SSSR count). The third kappa shape index (κ3) is 2.84. The normalized spacial score (nSPS) is 17.9. The molecular formula is C16H11BrClF3. The van der Waals surface area contributed by atoms with Crippen LogP contribution in [0.15, 0.2) is 40.9 Å². The van der Waals surface area contributed by atoms with Gasteiger partial charge < -0.3 is 0 Å². The lowest BCUT2D eigenvalue weighted by Gasteiger charge is -2.16. The summed E-state index contributed by atoms with van der Waals surface area (Å²) in [5, 5.41) is 0.186. The average Bonchev–Trinajstić information content (AvgIpc) is 2.80. The van der Waals surface area contributed by atoms with Crippen LogP contribution in [0.3, 0.4) is 0 Å². The van der Waals surface area contributed by atoms with Gasteiger partial charge in [0.25, 0.3) is 0 Å². The standard InChI is InChI=1S/C16H11BrClF3/c17-11-3-6-12-9(7-11)1-4-13(12)14-5-2-10(8-15(14)18)16(19,20)21/h2-3,5-8,13H,1,4H2/t13-/m0/s1. The topological polar surface area (TPSA) is 0 Å². The van der Waals surface area contributed by atoms with E-state index in [1.165, 1.54) is 11.6 Å². The maximum Gasteiger partial charge on any atom is 0.416 e. The molecule has 0 saturated carbocycles. The predicted octanol–water partition coefficient (Wildman–Crippen LogP) is 6.20. The number of benzene rings is 2. The summed E-state index contributed by atoms with van der Waals surface area (Å²) in [5.41, 5.74) is 2.45. The molecule has 0 amide bonds. The lowest BCUT2D eigenvalue weighted by molar-refractivity contribution is -0.137. The van der Waals surface area contributed by atoms with Gasteiger partial charge in [0.2, 0.25) is 0 Å². The summed E-state index contributed by atoms with van der Waals surface area (Å²) in [4.78, 5) is 0. The Bertz CT molecular complexity index is 694. The van der Waals surface area contributed by atoms with Crippen molar-refractivity contribution in [1.29, 1.82) is 0 Å². The number of fused-ring (bicyclic) bond motifs is 1. The van der Waals surface area contributed by atoms with Gasteiger partial charge in [-0.1, -0.05) is 39.7 Å². The van der Waals surface area contributed by atoms with Gasteiger partial charge >= 0.3 is 6.18 Å². The molecule has 0 spiro atoms. The first-order valence-corrected chi connectivity index (χ1v) is 7.68. The second kappa shape index (κ2) is 5.33. The number of alkyl halides is 3. The largest absolute Gasteiger partial charge is 0.416 e. The lowest BCUT2D eigenvalue weighted by atomic mass is 9.92. The summed E-state index contributed by atoms with van der Waals surface area (Å²) in [7, 11) is 0. The van der Waals surface area contributed by atoms with Crippen molar-refractivity contribution >= 4 is 27.5 Å². The Balaban J connectivity index is 2.00. The van der Waals surface area contributed by atoms with E-state index < -0.39 is 11.7 Å². The SMILES string of the molecule is FC(F)(F)c1ccc([C@H]2CCc3cc(Br)ccc32)c(Cl)c1. The molecule has 21 heavy (non-hydrogen) atoms. The summed E-state index contributed by atoms with van der Waals surface area (Å²) in [5.74, 6) is 0.0721. The fourth-order valence-electron chi connectivity index (χ4n) is 2.90. The summed E-state index contributed by atoms with van der Waals surface area (Å²) in [6, 6.07) is 9.67. The van der Waals surface area contributed by atoms with Gasteiger partial charge in [0.15, 0.2) is 0 Å². The van der Waals surface area contributed by atoms with Gasteiger partial charge in [-0.3, -0.25) is 0 Å². The molecular weight excluding hydrogens is 365 g/mol. The number of hydrogen-bond donors (Lipinski definition) is 0. The number of aryl methyl sites for hydroxylation is 1. The summed E-state index contributed by atoms with van der Waals surface area (Å²) in [6.07, 6.45) is -2.58. The van der Waals surface area contributed by atoms with E-state index in [-0.39, 0.29) is 10.9 Å². The van der Waals surface area contributed by atoms with Gasteiger partial charge in [0.05, 0.1) is 5.56 Å². The fraction of sp³-hybridized carbons (Fsp3) is 0.250. The van der Waals surface area contributed by atoms with Crippen molar-refractivity contribution in [1.82, 2.24) is 0 Å². The maximum absolute atomic E-state index is 12.7. The minimum Gasteiger partial charge on any atom is -0.166 e. The van der Waals surface area contributed by atoms with E-state index in [0.717, 1.165) is 40.6 Å². The average molecular weight is 376 g/mol. The summed E-state index contributed by atoms with van der Waals surface area (Å²) < 4.78 is 39.1. The van der Waals surface area contributed by atoms with Gasteiger partial charge in [-0.2, -0.15) is 13.2 Å². The van der Waals surface area contributed by atoms with Gasteiger partial charge in [-0.25, -0.2) is 0 Å². The van der Waals surface area contributed by atoms with Crippen LogP contribution in [-0.4, -0.2) is 0 Å². The van der Waals surface area contributed by atoms with E-state index in [9.17, 15) is 13.2 Å². The monoisotopic (exact) mass is 374 g/mol. The first-order valence-electron chi connectivity index (χ1n) is 6.51. The van der Waals surface area contributed by atoms with Crippen LogP contribution in [0.2, 0.25) is 5.02 Å². The Hall–Kier alpha value is -1.00. The molecule has 0 bridgehead atoms. The Morgan fingerprint density at radius 1 is 1.05 bits per heavy atom. The van der Waals surface area contributed by atoms with Crippen molar-refractivity contribution in [3.8, 4) is 0 Å². The molecule has 0 unspecified atom stereocenters. The molecule has 5 heteroatoms. The van der Waals surface area contributed by atoms with Gasteiger partial charge in [-0.15, -0.1) is 0 Å². The Labute approximate surface area is 134 Å². The lowest BCUT2D eigenvalue weighted by Crippen LogP contribution is -2.06. The first kappa shape index (κ1) is 14.9. The molecule has 1 aliphatic carbocycles. The van der Waals surface area contributed by atoms with E-state index in [0.29, 0.717) is 0 Å². The smallest absolute Gasteiger partial charge is 0.166 e. The van der Waals surface area contributed by atoms with Crippen LogP contribution >= 0.6 is 27.5 Å². The molecule has 0 radical (unpaired) electrons. The predicted molar refractivity (Wildman–Crippen MR) is 80.8 cm³/mol. The highest BCUT2D eigenvalue weighted by Gasteiger charge is 2.32. The highest BCUT2D eigenvalue weighted by Crippen LogP contribution is 2.43. The zero-order chi connectivity index (χ0) is 15.2. The number of hydrogen-bond acceptors (Lipinski definition) is 0. The van der Waals surface area contributed by atoms with E-state index in [1.54, 1.807) is 0 Å². The Kier molecular flexibility index (Phi) is 3.78. The second-order valence-electron chi connectivity index (χ2n) is 5.17. The van der Waals surface area contributed by atoms with E-state index in [4.69, 9.17) is 11.6 Å². The Morgan fingerprint density at radius 3 is 2.43 bits per heavy atom. The van der Waals surface area contributed by atoms with Crippen molar-refractivity contribution in [3.05, 3.63) is 68.1 Å². The molecule has 0 nitrogen and oxygen atoms in total. The van der Waals surface area contributed by atoms with Crippen LogP contribution in [0.25, 0.3) is 0 Å². The van der Waals surface area contributed by atoms with E-state index >= 15 is 0 Å². The van der Waals surface area contributed by atoms with Crippen LogP contribution in [-0.2, 0) is 12.6 Å². The molecule has 2 aromatic rings. The highest BCUT2D eigenvalue weighted by molar-refractivity contribution is 9.10. The minimum absolute atomic E-state index is 0.0721. The molecule has 0 N–H and O–H groups in total. The van der Waals surface area contributed by atoms with Crippen molar-refractivity contribution in [2.24, 2.45) is 0 Å². The summed E-state index contributed by atoms with van der Waals surface area (Å²) in [6.45, 7) is 0. The van der Waals surface area contributed by atoms with Crippen LogP contribution in [0.5, 0.6) is 0 Å². The first-order chi connectivity index (χ1) is 9.86. The molecule has 0 aliphatic heterocycles. The van der Waals surface area contributed by atoms with Crippen LogP contribution in [0.4, 0.5) is 13.2 Å². The third-order valence-electron chi connectivity index (χ3n) is 3.89. The van der Waals surface area contributed by atoms with Crippen LogP contribution < -0.4 is 0 Å². The molecule has 1 aliphatic rings. The third-order valence-corrected chi connectivity index (χ3v) is 4.71. The molecule has 2 aromatic carbocycles. The molecule has 0 fully saturated rings. The Morgan fingerprint density at radius 2 is 1.76 bits per heavy atom. The quantitative estimate of drug-likeness (QED) is 0.557. The zero-order valence-electron chi connectivity index (χ0n) is 10.8. The number of rotatable bonds is 1. The van der Waals surface area contributed by atoms with Gasteiger partial charge in [0, 0.05) is 15.4 Å². The molecule has 0 saturated heterocycles. The molecule has 0 heterocycles. The van der Waals surface area contributed by atoms with Crippen molar-refractivity contribution in [2.75, 3.05) is 0 Å². The molecule has 1 atom stereocenters. The van der Waals surface area contributed by atoms with Crippen LogP contribution in [0.1, 0.15) is 34.6 Å². The van der Waals surface area contributed by atoms with E-state index in [1.807, 2.05) is 12.1 Å². The second-order valence-corrected chi connectivity index (χ2v) is 6.49.